The third-order valence-corrected chi connectivity index (χ3v) is 6.18. The van der Waals surface area contributed by atoms with E-state index in [1.165, 1.54) is 0 Å². The Morgan fingerprint density at radius 1 is 1.10 bits per heavy atom. The molecule has 30 heavy (non-hydrogen) atoms. The van der Waals surface area contributed by atoms with Crippen LogP contribution in [0.2, 0.25) is 0 Å². The van der Waals surface area contributed by atoms with Crippen LogP contribution in [0.5, 0.6) is 0 Å². The zero-order valence-corrected chi connectivity index (χ0v) is 17.2. The first-order chi connectivity index (χ1) is 14.3. The van der Waals surface area contributed by atoms with Gasteiger partial charge in [0.1, 0.15) is 0 Å². The molecule has 2 aromatic rings. The van der Waals surface area contributed by atoms with Crippen LogP contribution in [0.15, 0.2) is 60.7 Å². The van der Waals surface area contributed by atoms with Gasteiger partial charge < -0.3 is 10.4 Å². The molecule has 1 aliphatic heterocycles. The monoisotopic (exact) mass is 426 g/mol. The molecule has 2 aromatic carbocycles. The number of amides is 3. The number of carbonyl (C=O) groups is 4. The Balaban J connectivity index is 1.76. The van der Waals surface area contributed by atoms with Crippen LogP contribution in [0.1, 0.15) is 22.8 Å². The summed E-state index contributed by atoms with van der Waals surface area (Å²) in [5, 5.41) is 12.3. The van der Waals surface area contributed by atoms with Crippen molar-refractivity contribution in [2.24, 2.45) is 5.92 Å². The summed E-state index contributed by atoms with van der Waals surface area (Å²) in [5.41, 5.74) is -0.488. The minimum Gasteiger partial charge on any atom is -0.479 e. The SMILES string of the molecule is C[C@H](CSC(=O)c1ccccc1)C(=O)N1C(=O)NC[C@@]1(Cc1ccccc1)C(=O)O. The number of imide groups is 1. The van der Waals surface area contributed by atoms with E-state index in [9.17, 15) is 24.3 Å². The minimum atomic E-state index is -1.71. The molecule has 3 amide bonds. The predicted molar refractivity (Wildman–Crippen MR) is 113 cm³/mol. The lowest BCUT2D eigenvalue weighted by Crippen LogP contribution is -2.58. The van der Waals surface area contributed by atoms with Crippen molar-refractivity contribution in [1.29, 1.82) is 0 Å². The summed E-state index contributed by atoms with van der Waals surface area (Å²) >= 11 is 0.973. The van der Waals surface area contributed by atoms with Crippen LogP contribution in [-0.2, 0) is 16.0 Å². The molecular weight excluding hydrogens is 404 g/mol. The Morgan fingerprint density at radius 2 is 1.70 bits per heavy atom. The van der Waals surface area contributed by atoms with E-state index < -0.39 is 29.4 Å². The highest BCUT2D eigenvalue weighted by molar-refractivity contribution is 8.14. The molecule has 1 fully saturated rings. The number of urea groups is 1. The van der Waals surface area contributed by atoms with Crippen molar-refractivity contribution in [3.05, 3.63) is 71.8 Å². The highest BCUT2D eigenvalue weighted by atomic mass is 32.2. The molecule has 2 atom stereocenters. The fraction of sp³-hybridized carbons (Fsp3) is 0.273. The molecule has 8 heteroatoms. The third-order valence-electron chi connectivity index (χ3n) is 5.02. The number of hydrogen-bond acceptors (Lipinski definition) is 5. The van der Waals surface area contributed by atoms with Crippen molar-refractivity contribution < 1.29 is 24.3 Å². The highest BCUT2D eigenvalue weighted by Gasteiger charge is 2.55. The maximum absolute atomic E-state index is 13.1. The average molecular weight is 426 g/mol. The van der Waals surface area contributed by atoms with E-state index in [4.69, 9.17) is 0 Å². The summed E-state index contributed by atoms with van der Waals surface area (Å²) in [4.78, 5) is 50.9. The van der Waals surface area contributed by atoms with Crippen LogP contribution in [0, 0.1) is 5.92 Å². The number of hydrogen-bond donors (Lipinski definition) is 2. The lowest BCUT2D eigenvalue weighted by molar-refractivity contribution is -0.154. The van der Waals surface area contributed by atoms with Gasteiger partial charge in [-0.15, -0.1) is 0 Å². The fourth-order valence-corrected chi connectivity index (χ4v) is 4.20. The second-order valence-electron chi connectivity index (χ2n) is 7.20. The first kappa shape index (κ1) is 21.6. The van der Waals surface area contributed by atoms with Gasteiger partial charge in [0.25, 0.3) is 0 Å². The number of carbonyl (C=O) groups excluding carboxylic acids is 3. The number of nitrogens with zero attached hydrogens (tertiary/aromatic N) is 1. The zero-order valence-electron chi connectivity index (χ0n) is 16.4. The van der Waals surface area contributed by atoms with Gasteiger partial charge in [-0.25, -0.2) is 14.5 Å². The molecule has 0 saturated carbocycles. The quantitative estimate of drug-likeness (QED) is 0.706. The molecule has 1 saturated heterocycles. The molecule has 3 rings (SSSR count). The molecular formula is C22H22N2O5S. The van der Waals surface area contributed by atoms with E-state index in [1.807, 2.05) is 0 Å². The number of aliphatic carboxylic acids is 1. The van der Waals surface area contributed by atoms with E-state index in [0.717, 1.165) is 16.7 Å². The largest absolute Gasteiger partial charge is 0.479 e. The van der Waals surface area contributed by atoms with Gasteiger partial charge >= 0.3 is 12.0 Å². The fourth-order valence-electron chi connectivity index (χ4n) is 3.36. The Kier molecular flexibility index (Phi) is 6.56. The third kappa shape index (κ3) is 4.38. The molecule has 1 heterocycles. The van der Waals surface area contributed by atoms with Gasteiger partial charge in [-0.3, -0.25) is 9.59 Å². The van der Waals surface area contributed by atoms with Crippen molar-refractivity contribution in [3.63, 3.8) is 0 Å². The molecule has 0 bridgehead atoms. The van der Waals surface area contributed by atoms with E-state index in [-0.39, 0.29) is 23.8 Å². The van der Waals surface area contributed by atoms with E-state index in [2.05, 4.69) is 5.32 Å². The normalized spacial score (nSPS) is 19.2. The van der Waals surface area contributed by atoms with Gasteiger partial charge in [-0.05, 0) is 5.56 Å². The van der Waals surface area contributed by atoms with Crippen molar-refractivity contribution in [2.45, 2.75) is 18.9 Å². The van der Waals surface area contributed by atoms with Crippen LogP contribution >= 0.6 is 11.8 Å². The second kappa shape index (κ2) is 9.13. The lowest BCUT2D eigenvalue weighted by Gasteiger charge is -2.33. The van der Waals surface area contributed by atoms with Gasteiger partial charge in [-0.2, -0.15) is 0 Å². The molecule has 0 aromatic heterocycles. The van der Waals surface area contributed by atoms with Gasteiger partial charge in [0.15, 0.2) is 5.54 Å². The highest BCUT2D eigenvalue weighted by Crippen LogP contribution is 2.29. The van der Waals surface area contributed by atoms with Crippen molar-refractivity contribution in [2.75, 3.05) is 12.3 Å². The van der Waals surface area contributed by atoms with Crippen LogP contribution < -0.4 is 5.32 Å². The summed E-state index contributed by atoms with van der Waals surface area (Å²) in [6.45, 7) is 1.42. The lowest BCUT2D eigenvalue weighted by atomic mass is 9.89. The van der Waals surface area contributed by atoms with Gasteiger partial charge in [0.2, 0.25) is 11.0 Å². The summed E-state index contributed by atoms with van der Waals surface area (Å²) in [7, 11) is 0. The number of nitrogens with one attached hydrogen (secondary N) is 1. The van der Waals surface area contributed by atoms with E-state index >= 15 is 0 Å². The van der Waals surface area contributed by atoms with Crippen LogP contribution in [0.3, 0.4) is 0 Å². The molecule has 1 aliphatic rings. The number of thioether (sulfide) groups is 1. The first-order valence-corrected chi connectivity index (χ1v) is 10.4. The molecule has 0 radical (unpaired) electrons. The van der Waals surface area contributed by atoms with Gasteiger partial charge in [0.05, 0.1) is 6.54 Å². The maximum atomic E-state index is 13.1. The number of benzene rings is 2. The smallest absolute Gasteiger partial charge is 0.332 e. The van der Waals surface area contributed by atoms with Gasteiger partial charge in [0, 0.05) is 23.7 Å². The van der Waals surface area contributed by atoms with Crippen LogP contribution in [-0.4, -0.2) is 50.9 Å². The summed E-state index contributed by atoms with van der Waals surface area (Å²) < 4.78 is 0. The first-order valence-electron chi connectivity index (χ1n) is 9.46. The number of carboxylic acid groups (broad SMARTS) is 1. The van der Waals surface area contributed by atoms with Crippen molar-refractivity contribution in [3.8, 4) is 0 Å². The Bertz CT molecular complexity index is 951. The van der Waals surface area contributed by atoms with Crippen molar-refractivity contribution >= 4 is 34.8 Å². The Morgan fingerprint density at radius 3 is 2.30 bits per heavy atom. The molecule has 156 valence electrons. The average Bonchev–Trinajstić information content (AvgIpc) is 3.09. The summed E-state index contributed by atoms with van der Waals surface area (Å²) in [6, 6.07) is 16.8. The van der Waals surface area contributed by atoms with Crippen molar-refractivity contribution in [1.82, 2.24) is 10.2 Å². The molecule has 0 aliphatic carbocycles. The van der Waals surface area contributed by atoms with E-state index in [1.54, 1.807) is 67.6 Å². The molecule has 0 unspecified atom stereocenters. The van der Waals surface area contributed by atoms with E-state index in [0.29, 0.717) is 11.1 Å². The predicted octanol–water partition coefficient (Wildman–Crippen LogP) is 2.81. The summed E-state index contributed by atoms with van der Waals surface area (Å²) in [5.74, 6) is -2.45. The number of carboxylic acids is 1. The Labute approximate surface area is 178 Å². The maximum Gasteiger partial charge on any atom is 0.332 e. The molecule has 0 spiro atoms. The zero-order chi connectivity index (χ0) is 21.7. The van der Waals surface area contributed by atoms with Crippen LogP contribution in [0.25, 0.3) is 0 Å². The standard InChI is InChI=1S/C22H22N2O5S/c1-15(13-30-19(26)17-10-6-3-7-11-17)18(25)24-21(29)23-14-22(24,20(27)28)12-16-8-4-2-5-9-16/h2-11,15H,12-14H2,1H3,(H,23,29)(H,27,28)/t15-,22+/m1/s1. The van der Waals surface area contributed by atoms with Gasteiger partial charge in [-0.1, -0.05) is 79.3 Å². The number of rotatable bonds is 7. The molecule has 2 N–H and O–H groups in total. The Hall–Kier alpha value is -3.13. The minimum absolute atomic E-state index is 0.00351. The second-order valence-corrected chi connectivity index (χ2v) is 8.19. The summed E-state index contributed by atoms with van der Waals surface area (Å²) in [6.07, 6.45) is -0.00351. The molecule has 7 nitrogen and oxygen atoms in total. The van der Waals surface area contributed by atoms with Crippen LogP contribution in [0.4, 0.5) is 4.79 Å². The topological polar surface area (TPSA) is 104 Å².